The fourth-order valence-electron chi connectivity index (χ4n) is 3.88. The summed E-state index contributed by atoms with van der Waals surface area (Å²) in [5.74, 6) is -2.10. The van der Waals surface area contributed by atoms with Crippen LogP contribution in [-0.4, -0.2) is 23.0 Å². The quantitative estimate of drug-likeness (QED) is 0.710. The van der Waals surface area contributed by atoms with Crippen LogP contribution in [-0.2, 0) is 10.2 Å². The van der Waals surface area contributed by atoms with E-state index in [1.807, 2.05) is 13.8 Å². The second kappa shape index (κ2) is 7.17. The normalized spacial score (nSPS) is 16.6. The molecular weight excluding hydrogens is 381 g/mol. The Kier molecular flexibility index (Phi) is 5.15. The molecule has 0 aromatic heterocycles. The van der Waals surface area contributed by atoms with Gasteiger partial charge in [-0.05, 0) is 59.2 Å². The summed E-state index contributed by atoms with van der Waals surface area (Å²) in [5.41, 5.74) is 0.626. The van der Waals surface area contributed by atoms with Gasteiger partial charge in [-0.2, -0.15) is 13.2 Å². The van der Waals surface area contributed by atoms with Gasteiger partial charge in [0, 0.05) is 0 Å². The minimum absolute atomic E-state index is 0.0746. The maximum absolute atomic E-state index is 13.6. The minimum atomic E-state index is -4.49. The van der Waals surface area contributed by atoms with E-state index in [0.717, 1.165) is 0 Å². The number of carboxylic acids is 1. The van der Waals surface area contributed by atoms with E-state index in [1.165, 1.54) is 43.3 Å². The number of halogens is 3. The standard InChI is InChI=1S/C23H21F3O3/c1-13(27)20(14-4-6-15(7-5-14)21(28)29)16-8-9-18-17(12-16)19(23(24,25)26)10-11-22(18,2)3/h4-10,12,20H,11H2,1-3H3,(H,28,29). The number of fused-ring (bicyclic) bond motifs is 1. The zero-order valence-electron chi connectivity index (χ0n) is 16.3. The molecule has 152 valence electrons. The number of hydrogen-bond donors (Lipinski definition) is 1. The van der Waals surface area contributed by atoms with Gasteiger partial charge in [0.25, 0.3) is 0 Å². The van der Waals surface area contributed by atoms with Crippen molar-refractivity contribution in [1.29, 1.82) is 0 Å². The van der Waals surface area contributed by atoms with Gasteiger partial charge in [-0.15, -0.1) is 0 Å². The van der Waals surface area contributed by atoms with Gasteiger partial charge >= 0.3 is 12.1 Å². The van der Waals surface area contributed by atoms with Crippen LogP contribution in [0.5, 0.6) is 0 Å². The highest BCUT2D eigenvalue weighted by Gasteiger charge is 2.41. The first kappa shape index (κ1) is 20.8. The first-order valence-corrected chi connectivity index (χ1v) is 9.17. The number of carboxylic acid groups (broad SMARTS) is 1. The second-order valence-corrected chi connectivity index (χ2v) is 7.98. The van der Waals surface area contributed by atoms with Crippen molar-refractivity contribution in [2.24, 2.45) is 0 Å². The summed E-state index contributed by atoms with van der Waals surface area (Å²) in [4.78, 5) is 23.4. The van der Waals surface area contributed by atoms with Crippen LogP contribution in [0.1, 0.15) is 65.7 Å². The van der Waals surface area contributed by atoms with Gasteiger partial charge in [0.05, 0.1) is 17.1 Å². The lowest BCUT2D eigenvalue weighted by Crippen LogP contribution is -2.26. The van der Waals surface area contributed by atoms with Crippen LogP contribution in [0.2, 0.25) is 0 Å². The number of allylic oxidation sites excluding steroid dienone is 2. The number of alkyl halides is 3. The molecule has 3 nitrogen and oxygen atoms in total. The molecule has 0 fully saturated rings. The van der Waals surface area contributed by atoms with Crippen molar-refractivity contribution in [2.75, 3.05) is 0 Å². The molecule has 0 spiro atoms. The molecule has 0 aliphatic heterocycles. The molecule has 3 rings (SSSR count). The van der Waals surface area contributed by atoms with Crippen LogP contribution >= 0.6 is 0 Å². The minimum Gasteiger partial charge on any atom is -0.478 e. The van der Waals surface area contributed by atoms with E-state index >= 15 is 0 Å². The third-order valence-corrected chi connectivity index (χ3v) is 5.42. The Morgan fingerprint density at radius 2 is 1.62 bits per heavy atom. The van der Waals surface area contributed by atoms with Gasteiger partial charge in [0.1, 0.15) is 5.78 Å². The number of Topliss-reactive ketones (excluding diaryl/α,β-unsaturated/α-hetero) is 1. The topological polar surface area (TPSA) is 54.4 Å². The SMILES string of the molecule is CC(=O)C(c1ccc(C(=O)O)cc1)c1ccc2c(c1)C(C(F)(F)F)=CCC2(C)C. The number of rotatable bonds is 4. The first-order valence-electron chi connectivity index (χ1n) is 9.17. The van der Waals surface area contributed by atoms with Crippen LogP contribution in [0.25, 0.3) is 5.57 Å². The fraction of sp³-hybridized carbons (Fsp3) is 0.304. The van der Waals surface area contributed by atoms with Crippen LogP contribution in [0, 0.1) is 0 Å². The third kappa shape index (κ3) is 3.97. The molecule has 1 unspecified atom stereocenters. The van der Waals surface area contributed by atoms with Crippen LogP contribution < -0.4 is 0 Å². The monoisotopic (exact) mass is 402 g/mol. The van der Waals surface area contributed by atoms with Crippen LogP contribution in [0.4, 0.5) is 13.2 Å². The molecular formula is C23H21F3O3. The Morgan fingerprint density at radius 3 is 2.14 bits per heavy atom. The number of hydrogen-bond acceptors (Lipinski definition) is 2. The molecule has 2 aromatic carbocycles. The molecule has 0 amide bonds. The average molecular weight is 402 g/mol. The molecule has 1 N–H and O–H groups in total. The maximum Gasteiger partial charge on any atom is 0.416 e. The van der Waals surface area contributed by atoms with E-state index in [2.05, 4.69) is 0 Å². The lowest BCUT2D eigenvalue weighted by atomic mass is 9.72. The second-order valence-electron chi connectivity index (χ2n) is 7.98. The van der Waals surface area contributed by atoms with Crippen molar-refractivity contribution in [2.45, 2.75) is 44.7 Å². The van der Waals surface area contributed by atoms with E-state index < -0.39 is 29.1 Å². The molecule has 1 aliphatic carbocycles. The summed E-state index contributed by atoms with van der Waals surface area (Å²) in [5, 5.41) is 9.05. The summed E-state index contributed by atoms with van der Waals surface area (Å²) in [6.45, 7) is 5.16. The molecule has 2 aromatic rings. The van der Waals surface area contributed by atoms with Crippen LogP contribution in [0.3, 0.4) is 0 Å². The van der Waals surface area contributed by atoms with E-state index in [1.54, 1.807) is 12.1 Å². The molecule has 29 heavy (non-hydrogen) atoms. The predicted octanol–water partition coefficient (Wildman–Crippen LogP) is 5.73. The molecule has 0 radical (unpaired) electrons. The molecule has 0 heterocycles. The van der Waals surface area contributed by atoms with Crippen molar-refractivity contribution >= 4 is 17.3 Å². The highest BCUT2D eigenvalue weighted by molar-refractivity contribution is 5.90. The molecule has 0 bridgehead atoms. The van der Waals surface area contributed by atoms with Crippen molar-refractivity contribution in [3.05, 3.63) is 76.4 Å². The number of carbonyl (C=O) groups excluding carboxylic acids is 1. The van der Waals surface area contributed by atoms with Crippen molar-refractivity contribution in [3.8, 4) is 0 Å². The Labute approximate surface area is 166 Å². The van der Waals surface area contributed by atoms with Gasteiger partial charge in [-0.1, -0.05) is 44.2 Å². The highest BCUT2D eigenvalue weighted by Crippen LogP contribution is 2.46. The lowest BCUT2D eigenvalue weighted by molar-refractivity contribution is -0.117. The van der Waals surface area contributed by atoms with Gasteiger partial charge in [-0.25, -0.2) is 4.79 Å². The van der Waals surface area contributed by atoms with Crippen molar-refractivity contribution in [1.82, 2.24) is 0 Å². The molecule has 1 aliphatic rings. The third-order valence-electron chi connectivity index (χ3n) is 5.42. The Hall–Kier alpha value is -2.89. The molecule has 6 heteroatoms. The number of benzene rings is 2. The first-order chi connectivity index (χ1) is 13.4. The summed E-state index contributed by atoms with van der Waals surface area (Å²) < 4.78 is 40.8. The smallest absolute Gasteiger partial charge is 0.416 e. The summed E-state index contributed by atoms with van der Waals surface area (Å²) in [6, 6.07) is 10.6. The summed E-state index contributed by atoms with van der Waals surface area (Å²) in [6.07, 6.45) is -2.99. The lowest BCUT2D eigenvalue weighted by Gasteiger charge is -2.33. The van der Waals surface area contributed by atoms with E-state index in [-0.39, 0.29) is 23.3 Å². The number of carbonyl (C=O) groups is 2. The predicted molar refractivity (Wildman–Crippen MR) is 104 cm³/mol. The average Bonchev–Trinajstić information content (AvgIpc) is 2.60. The Bertz CT molecular complexity index is 999. The van der Waals surface area contributed by atoms with Crippen LogP contribution in [0.15, 0.2) is 48.5 Å². The zero-order valence-corrected chi connectivity index (χ0v) is 16.3. The summed E-state index contributed by atoms with van der Waals surface area (Å²) in [7, 11) is 0. The van der Waals surface area contributed by atoms with Crippen molar-refractivity contribution < 1.29 is 27.9 Å². The largest absolute Gasteiger partial charge is 0.478 e. The van der Waals surface area contributed by atoms with Gasteiger partial charge < -0.3 is 5.11 Å². The van der Waals surface area contributed by atoms with E-state index in [4.69, 9.17) is 5.11 Å². The number of ketones is 1. The molecule has 0 saturated carbocycles. The Morgan fingerprint density at radius 1 is 1.03 bits per heavy atom. The van der Waals surface area contributed by atoms with E-state index in [0.29, 0.717) is 16.7 Å². The number of aromatic carboxylic acids is 1. The Balaban J connectivity index is 2.14. The van der Waals surface area contributed by atoms with Gasteiger partial charge in [-0.3, -0.25) is 4.79 Å². The zero-order chi connectivity index (χ0) is 21.6. The van der Waals surface area contributed by atoms with Gasteiger partial charge in [0.15, 0.2) is 0 Å². The molecule has 0 saturated heterocycles. The maximum atomic E-state index is 13.6. The van der Waals surface area contributed by atoms with Gasteiger partial charge in [0.2, 0.25) is 0 Å². The highest BCUT2D eigenvalue weighted by atomic mass is 19.4. The van der Waals surface area contributed by atoms with Crippen molar-refractivity contribution in [3.63, 3.8) is 0 Å². The fourth-order valence-corrected chi connectivity index (χ4v) is 3.88. The summed E-state index contributed by atoms with van der Waals surface area (Å²) >= 11 is 0. The van der Waals surface area contributed by atoms with E-state index in [9.17, 15) is 22.8 Å². The molecule has 1 atom stereocenters.